The smallest absolute Gasteiger partial charge is 0.0551 e. The van der Waals surface area contributed by atoms with Crippen LogP contribution in [0.15, 0.2) is 18.2 Å². The van der Waals surface area contributed by atoms with Gasteiger partial charge in [-0.25, -0.2) is 0 Å². The molecule has 1 N–H and O–H groups in total. The van der Waals surface area contributed by atoms with Gasteiger partial charge in [-0.05, 0) is 50.4 Å². The first kappa shape index (κ1) is 13.6. The topological polar surface area (TPSA) is 21.3 Å². The summed E-state index contributed by atoms with van der Waals surface area (Å²) in [6.45, 7) is 10.6. The molecule has 3 atom stereocenters. The molecular weight excluding hydrogens is 222 g/mol. The van der Waals surface area contributed by atoms with Crippen LogP contribution in [0.3, 0.4) is 0 Å². The minimum Gasteiger partial charge on any atom is -0.378 e. The van der Waals surface area contributed by atoms with E-state index in [2.05, 4.69) is 51.2 Å². The van der Waals surface area contributed by atoms with E-state index in [4.69, 9.17) is 4.74 Å². The van der Waals surface area contributed by atoms with Crippen molar-refractivity contribution in [2.45, 2.75) is 46.3 Å². The summed E-state index contributed by atoms with van der Waals surface area (Å²) in [5.74, 6) is 0.599. The summed E-state index contributed by atoms with van der Waals surface area (Å²) >= 11 is 0. The van der Waals surface area contributed by atoms with Crippen molar-refractivity contribution in [1.29, 1.82) is 0 Å². The van der Waals surface area contributed by atoms with E-state index in [9.17, 15) is 0 Å². The Hall–Kier alpha value is -0.860. The SMILES string of the molecule is CCNC(c1ccc(C)c(C)c1)C1COC(C)C1. The zero-order valence-corrected chi connectivity index (χ0v) is 12.0. The minimum atomic E-state index is 0.405. The van der Waals surface area contributed by atoms with Crippen molar-refractivity contribution in [3.05, 3.63) is 34.9 Å². The molecule has 1 heterocycles. The maximum Gasteiger partial charge on any atom is 0.0551 e. The predicted octanol–water partition coefficient (Wildman–Crippen LogP) is 3.38. The normalized spacial score (nSPS) is 25.3. The van der Waals surface area contributed by atoms with E-state index in [1.165, 1.54) is 16.7 Å². The summed E-state index contributed by atoms with van der Waals surface area (Å²) in [5.41, 5.74) is 4.15. The highest BCUT2D eigenvalue weighted by atomic mass is 16.5. The molecule has 0 bridgehead atoms. The van der Waals surface area contributed by atoms with Crippen LogP contribution in [0.4, 0.5) is 0 Å². The van der Waals surface area contributed by atoms with Gasteiger partial charge in [0, 0.05) is 12.0 Å². The predicted molar refractivity (Wildman–Crippen MR) is 75.9 cm³/mol. The van der Waals surface area contributed by atoms with Crippen LogP contribution in [0.5, 0.6) is 0 Å². The largest absolute Gasteiger partial charge is 0.378 e. The molecular formula is C16H25NO. The highest BCUT2D eigenvalue weighted by Crippen LogP contribution is 2.32. The molecule has 18 heavy (non-hydrogen) atoms. The monoisotopic (exact) mass is 247 g/mol. The zero-order chi connectivity index (χ0) is 13.1. The Kier molecular flexibility index (Phi) is 4.41. The highest BCUT2D eigenvalue weighted by molar-refractivity contribution is 5.32. The van der Waals surface area contributed by atoms with Crippen LogP contribution in [-0.2, 0) is 4.74 Å². The molecule has 2 rings (SSSR count). The Morgan fingerprint density at radius 2 is 2.11 bits per heavy atom. The summed E-state index contributed by atoms with van der Waals surface area (Å²) in [6, 6.07) is 7.25. The second-order valence-corrected chi connectivity index (χ2v) is 5.52. The van der Waals surface area contributed by atoms with Crippen LogP contribution >= 0.6 is 0 Å². The van der Waals surface area contributed by atoms with Gasteiger partial charge in [-0.3, -0.25) is 0 Å². The molecule has 0 aromatic heterocycles. The zero-order valence-electron chi connectivity index (χ0n) is 12.0. The number of benzene rings is 1. The lowest BCUT2D eigenvalue weighted by molar-refractivity contribution is 0.117. The van der Waals surface area contributed by atoms with Crippen LogP contribution in [0.1, 0.15) is 43.0 Å². The van der Waals surface area contributed by atoms with Crippen molar-refractivity contribution < 1.29 is 4.74 Å². The average Bonchev–Trinajstić information content (AvgIpc) is 2.76. The quantitative estimate of drug-likeness (QED) is 0.880. The Balaban J connectivity index is 2.20. The van der Waals surface area contributed by atoms with Gasteiger partial charge in [-0.15, -0.1) is 0 Å². The van der Waals surface area contributed by atoms with E-state index in [-0.39, 0.29) is 0 Å². The summed E-state index contributed by atoms with van der Waals surface area (Å²) in [4.78, 5) is 0. The third kappa shape index (κ3) is 2.93. The highest BCUT2D eigenvalue weighted by Gasteiger charge is 2.30. The van der Waals surface area contributed by atoms with Crippen LogP contribution in [0, 0.1) is 19.8 Å². The molecule has 1 aromatic rings. The Morgan fingerprint density at radius 3 is 2.67 bits per heavy atom. The molecule has 1 aliphatic rings. The lowest BCUT2D eigenvalue weighted by Gasteiger charge is -2.24. The molecule has 1 aliphatic heterocycles. The number of aryl methyl sites for hydroxylation is 2. The maximum absolute atomic E-state index is 5.73. The second kappa shape index (κ2) is 5.85. The second-order valence-electron chi connectivity index (χ2n) is 5.52. The minimum absolute atomic E-state index is 0.405. The molecule has 1 saturated heterocycles. The molecule has 1 fully saturated rings. The van der Waals surface area contributed by atoms with E-state index in [0.29, 0.717) is 18.1 Å². The first-order valence-corrected chi connectivity index (χ1v) is 7.04. The molecule has 3 unspecified atom stereocenters. The van der Waals surface area contributed by atoms with E-state index < -0.39 is 0 Å². The van der Waals surface area contributed by atoms with E-state index in [1.807, 2.05) is 0 Å². The van der Waals surface area contributed by atoms with Gasteiger partial charge in [-0.1, -0.05) is 25.1 Å². The van der Waals surface area contributed by atoms with Gasteiger partial charge < -0.3 is 10.1 Å². The average molecular weight is 247 g/mol. The number of rotatable bonds is 4. The summed E-state index contributed by atoms with van der Waals surface area (Å²) in [7, 11) is 0. The van der Waals surface area contributed by atoms with Gasteiger partial charge >= 0.3 is 0 Å². The number of ether oxygens (including phenoxy) is 1. The van der Waals surface area contributed by atoms with E-state index in [0.717, 1.165) is 19.6 Å². The van der Waals surface area contributed by atoms with Crippen molar-refractivity contribution in [3.63, 3.8) is 0 Å². The van der Waals surface area contributed by atoms with Gasteiger partial charge in [0.05, 0.1) is 12.7 Å². The standard InChI is InChI=1S/C16H25NO/c1-5-17-16(15-9-13(4)18-10-15)14-7-6-11(2)12(3)8-14/h6-8,13,15-17H,5,9-10H2,1-4H3. The lowest BCUT2D eigenvalue weighted by atomic mass is 9.89. The van der Waals surface area contributed by atoms with E-state index in [1.54, 1.807) is 0 Å². The van der Waals surface area contributed by atoms with Crippen LogP contribution in [-0.4, -0.2) is 19.3 Å². The molecule has 0 spiro atoms. The Morgan fingerprint density at radius 1 is 1.33 bits per heavy atom. The van der Waals surface area contributed by atoms with Gasteiger partial charge in [0.25, 0.3) is 0 Å². The van der Waals surface area contributed by atoms with Crippen LogP contribution in [0.25, 0.3) is 0 Å². The van der Waals surface area contributed by atoms with Crippen molar-refractivity contribution in [2.24, 2.45) is 5.92 Å². The Labute approximate surface area is 111 Å². The molecule has 0 radical (unpaired) electrons. The number of nitrogens with one attached hydrogen (secondary N) is 1. The van der Waals surface area contributed by atoms with E-state index >= 15 is 0 Å². The van der Waals surface area contributed by atoms with Crippen molar-refractivity contribution in [1.82, 2.24) is 5.32 Å². The third-order valence-electron chi connectivity index (χ3n) is 4.02. The first-order valence-electron chi connectivity index (χ1n) is 7.04. The molecule has 0 aliphatic carbocycles. The van der Waals surface area contributed by atoms with Crippen LogP contribution in [0.2, 0.25) is 0 Å². The molecule has 1 aromatic carbocycles. The van der Waals surface area contributed by atoms with Gasteiger partial charge in [0.15, 0.2) is 0 Å². The van der Waals surface area contributed by atoms with Crippen molar-refractivity contribution in [3.8, 4) is 0 Å². The van der Waals surface area contributed by atoms with Gasteiger partial charge in [0.1, 0.15) is 0 Å². The molecule has 0 amide bonds. The summed E-state index contributed by atoms with van der Waals surface area (Å²) in [5, 5.41) is 3.63. The van der Waals surface area contributed by atoms with Crippen molar-refractivity contribution in [2.75, 3.05) is 13.2 Å². The number of hydrogen-bond donors (Lipinski definition) is 1. The molecule has 0 saturated carbocycles. The fourth-order valence-corrected chi connectivity index (χ4v) is 2.82. The third-order valence-corrected chi connectivity index (χ3v) is 4.02. The summed E-state index contributed by atoms with van der Waals surface area (Å²) in [6.07, 6.45) is 1.56. The van der Waals surface area contributed by atoms with Crippen molar-refractivity contribution >= 4 is 0 Å². The lowest BCUT2D eigenvalue weighted by Crippen LogP contribution is -2.28. The fraction of sp³-hybridized carbons (Fsp3) is 0.625. The fourth-order valence-electron chi connectivity index (χ4n) is 2.82. The molecule has 2 nitrogen and oxygen atoms in total. The molecule has 2 heteroatoms. The number of hydrogen-bond acceptors (Lipinski definition) is 2. The Bertz CT molecular complexity index is 402. The maximum atomic E-state index is 5.73. The van der Waals surface area contributed by atoms with Gasteiger partial charge in [-0.2, -0.15) is 0 Å². The first-order chi connectivity index (χ1) is 8.61. The van der Waals surface area contributed by atoms with Gasteiger partial charge in [0.2, 0.25) is 0 Å². The summed E-state index contributed by atoms with van der Waals surface area (Å²) < 4.78 is 5.73. The molecule has 100 valence electrons. The van der Waals surface area contributed by atoms with Crippen LogP contribution < -0.4 is 5.32 Å².